The van der Waals surface area contributed by atoms with Crippen LogP contribution in [0.2, 0.25) is 0 Å². The third kappa shape index (κ3) is 3.54. The van der Waals surface area contributed by atoms with Gasteiger partial charge in [0.15, 0.2) is 11.5 Å². The highest BCUT2D eigenvalue weighted by atomic mass is 32.1. The summed E-state index contributed by atoms with van der Waals surface area (Å²) in [5, 5.41) is 4.39. The second-order valence-corrected chi connectivity index (χ2v) is 6.19. The largest absolute Gasteiger partial charge is 0.493 e. The van der Waals surface area contributed by atoms with E-state index in [1.54, 1.807) is 25.6 Å². The van der Waals surface area contributed by atoms with E-state index in [1.165, 1.54) is 4.88 Å². The molecule has 5 heteroatoms. The Labute approximate surface area is 130 Å². The lowest BCUT2D eigenvalue weighted by Gasteiger charge is -2.10. The van der Waals surface area contributed by atoms with Crippen molar-refractivity contribution in [1.82, 2.24) is 10.3 Å². The van der Waals surface area contributed by atoms with Gasteiger partial charge in [0, 0.05) is 17.5 Å². The van der Waals surface area contributed by atoms with Crippen LogP contribution in [0.1, 0.15) is 24.4 Å². The Morgan fingerprint density at radius 2 is 2.00 bits per heavy atom. The third-order valence-corrected chi connectivity index (χ3v) is 4.39. The van der Waals surface area contributed by atoms with Crippen LogP contribution >= 0.6 is 11.3 Å². The second kappa shape index (κ2) is 6.91. The Morgan fingerprint density at radius 1 is 1.24 bits per heavy atom. The van der Waals surface area contributed by atoms with Crippen molar-refractivity contribution in [2.75, 3.05) is 14.2 Å². The number of hydrogen-bond donors (Lipinski definition) is 1. The van der Waals surface area contributed by atoms with Crippen molar-refractivity contribution in [2.24, 2.45) is 0 Å². The van der Waals surface area contributed by atoms with E-state index in [-0.39, 0.29) is 0 Å². The average molecular weight is 306 g/mol. The number of hydrogen-bond acceptors (Lipinski definition) is 5. The third-order valence-electron chi connectivity index (χ3n) is 3.20. The highest BCUT2D eigenvalue weighted by Crippen LogP contribution is 2.40. The highest BCUT2D eigenvalue weighted by molar-refractivity contribution is 7.15. The number of nitrogens with one attached hydrogen (secondary N) is 1. The standard InChI is InChI=1S/C16H22N2O2S/c1-10(2)17-9-14-11(3)18-16(21-14)12-7-6-8-13(19-4)15(12)20-5/h6-8,10,17H,9H2,1-5H3. The highest BCUT2D eigenvalue weighted by Gasteiger charge is 2.16. The topological polar surface area (TPSA) is 43.4 Å². The van der Waals surface area contributed by atoms with Gasteiger partial charge in [0.2, 0.25) is 0 Å². The Bertz CT molecular complexity index is 608. The summed E-state index contributed by atoms with van der Waals surface area (Å²) in [6.45, 7) is 7.17. The Kier molecular flexibility index (Phi) is 5.20. The first-order valence-electron chi connectivity index (χ1n) is 6.97. The molecule has 0 atom stereocenters. The van der Waals surface area contributed by atoms with E-state index in [0.717, 1.165) is 34.3 Å². The van der Waals surface area contributed by atoms with E-state index >= 15 is 0 Å². The van der Waals surface area contributed by atoms with Crippen molar-refractivity contribution in [3.63, 3.8) is 0 Å². The summed E-state index contributed by atoms with van der Waals surface area (Å²) < 4.78 is 10.8. The maximum absolute atomic E-state index is 5.50. The van der Waals surface area contributed by atoms with Crippen LogP contribution < -0.4 is 14.8 Å². The van der Waals surface area contributed by atoms with E-state index in [0.29, 0.717) is 6.04 Å². The number of benzene rings is 1. The van der Waals surface area contributed by atoms with Crippen molar-refractivity contribution in [2.45, 2.75) is 33.4 Å². The first-order valence-corrected chi connectivity index (χ1v) is 7.79. The molecule has 0 unspecified atom stereocenters. The van der Waals surface area contributed by atoms with Crippen LogP contribution in [0.4, 0.5) is 0 Å². The minimum absolute atomic E-state index is 0.460. The fraction of sp³-hybridized carbons (Fsp3) is 0.438. The lowest BCUT2D eigenvalue weighted by molar-refractivity contribution is 0.356. The van der Waals surface area contributed by atoms with Crippen LogP contribution in [-0.4, -0.2) is 25.2 Å². The molecule has 0 fully saturated rings. The molecule has 1 N–H and O–H groups in total. The minimum Gasteiger partial charge on any atom is -0.493 e. The van der Waals surface area contributed by atoms with Crippen LogP contribution in [0.25, 0.3) is 10.6 Å². The van der Waals surface area contributed by atoms with E-state index in [4.69, 9.17) is 9.47 Å². The normalized spacial score (nSPS) is 11.0. The van der Waals surface area contributed by atoms with Crippen molar-refractivity contribution < 1.29 is 9.47 Å². The predicted octanol–water partition coefficient (Wildman–Crippen LogP) is 3.63. The molecular formula is C16H22N2O2S. The van der Waals surface area contributed by atoms with Crippen molar-refractivity contribution in [1.29, 1.82) is 0 Å². The molecule has 0 radical (unpaired) electrons. The number of ether oxygens (including phenoxy) is 2. The van der Waals surface area contributed by atoms with Crippen LogP contribution in [0.15, 0.2) is 18.2 Å². The maximum atomic E-state index is 5.50. The predicted molar refractivity (Wildman–Crippen MR) is 87.4 cm³/mol. The molecule has 4 nitrogen and oxygen atoms in total. The number of methoxy groups -OCH3 is 2. The lowest BCUT2D eigenvalue weighted by atomic mass is 10.2. The smallest absolute Gasteiger partial charge is 0.170 e. The molecule has 0 aliphatic heterocycles. The van der Waals surface area contributed by atoms with Gasteiger partial charge in [0.05, 0.1) is 25.5 Å². The molecule has 0 aliphatic carbocycles. The first kappa shape index (κ1) is 15.8. The molecule has 2 aromatic rings. The summed E-state index contributed by atoms with van der Waals surface area (Å²) in [7, 11) is 3.30. The monoisotopic (exact) mass is 306 g/mol. The molecule has 0 saturated carbocycles. The first-order chi connectivity index (χ1) is 10.1. The SMILES string of the molecule is COc1cccc(-c2nc(C)c(CNC(C)C)s2)c1OC. The maximum Gasteiger partial charge on any atom is 0.170 e. The number of para-hydroxylation sites is 1. The zero-order valence-electron chi connectivity index (χ0n) is 13.2. The van der Waals surface area contributed by atoms with Crippen molar-refractivity contribution in [3.8, 4) is 22.1 Å². The van der Waals surface area contributed by atoms with Crippen molar-refractivity contribution in [3.05, 3.63) is 28.8 Å². The summed E-state index contributed by atoms with van der Waals surface area (Å²) in [4.78, 5) is 5.94. The summed E-state index contributed by atoms with van der Waals surface area (Å²) in [6.07, 6.45) is 0. The molecule has 0 bridgehead atoms. The van der Waals surface area contributed by atoms with Gasteiger partial charge in [-0.05, 0) is 19.1 Å². The van der Waals surface area contributed by atoms with Gasteiger partial charge in [-0.1, -0.05) is 19.9 Å². The number of thiazole rings is 1. The zero-order valence-corrected chi connectivity index (χ0v) is 14.0. The summed E-state index contributed by atoms with van der Waals surface area (Å²) in [5.74, 6) is 1.46. The van der Waals surface area contributed by atoms with Crippen LogP contribution in [0.5, 0.6) is 11.5 Å². The summed E-state index contributed by atoms with van der Waals surface area (Å²) in [6, 6.07) is 6.32. The number of aromatic nitrogens is 1. The number of nitrogens with zero attached hydrogens (tertiary/aromatic N) is 1. The van der Waals surface area contributed by atoms with E-state index < -0.39 is 0 Å². The van der Waals surface area contributed by atoms with Gasteiger partial charge in [0.1, 0.15) is 5.01 Å². The van der Waals surface area contributed by atoms with E-state index in [9.17, 15) is 0 Å². The molecule has 0 amide bonds. The molecular weight excluding hydrogens is 284 g/mol. The summed E-state index contributed by atoms with van der Waals surface area (Å²) in [5.41, 5.74) is 2.04. The molecule has 1 heterocycles. The zero-order chi connectivity index (χ0) is 15.4. The van der Waals surface area contributed by atoms with Gasteiger partial charge in [-0.3, -0.25) is 0 Å². The molecule has 114 valence electrons. The summed E-state index contributed by atoms with van der Waals surface area (Å²) >= 11 is 1.69. The molecule has 1 aromatic carbocycles. The van der Waals surface area contributed by atoms with Crippen molar-refractivity contribution >= 4 is 11.3 Å². The number of rotatable bonds is 6. The Hall–Kier alpha value is -1.59. The van der Waals surface area contributed by atoms with Gasteiger partial charge in [-0.15, -0.1) is 11.3 Å². The molecule has 21 heavy (non-hydrogen) atoms. The minimum atomic E-state index is 0.460. The van der Waals surface area contributed by atoms with Gasteiger partial charge >= 0.3 is 0 Å². The fourth-order valence-electron chi connectivity index (χ4n) is 2.06. The quantitative estimate of drug-likeness (QED) is 0.885. The van der Waals surface area contributed by atoms with Crippen LogP contribution in [-0.2, 0) is 6.54 Å². The molecule has 2 rings (SSSR count). The average Bonchev–Trinajstić information content (AvgIpc) is 2.85. The van der Waals surface area contributed by atoms with Gasteiger partial charge in [-0.25, -0.2) is 4.98 Å². The molecule has 0 spiro atoms. The second-order valence-electron chi connectivity index (χ2n) is 5.10. The molecule has 1 aromatic heterocycles. The van der Waals surface area contributed by atoms with Crippen LogP contribution in [0, 0.1) is 6.92 Å². The number of aryl methyl sites for hydroxylation is 1. The molecule has 0 saturated heterocycles. The van der Waals surface area contributed by atoms with Gasteiger partial charge in [-0.2, -0.15) is 0 Å². The molecule has 0 aliphatic rings. The van der Waals surface area contributed by atoms with E-state index in [2.05, 4.69) is 24.1 Å². The van der Waals surface area contributed by atoms with Gasteiger partial charge in [0.25, 0.3) is 0 Å². The lowest BCUT2D eigenvalue weighted by Crippen LogP contribution is -2.21. The Morgan fingerprint density at radius 3 is 2.62 bits per heavy atom. The van der Waals surface area contributed by atoms with E-state index in [1.807, 2.05) is 25.1 Å². The van der Waals surface area contributed by atoms with Gasteiger partial charge < -0.3 is 14.8 Å². The van der Waals surface area contributed by atoms with Crippen LogP contribution in [0.3, 0.4) is 0 Å². The Balaban J connectivity index is 2.37. The fourth-order valence-corrected chi connectivity index (χ4v) is 3.10.